The fourth-order valence-electron chi connectivity index (χ4n) is 6.36. The smallest absolute Gasteiger partial charge is 0.306 e. The van der Waals surface area contributed by atoms with Crippen LogP contribution in [0.15, 0.2) is 122 Å². The second-order valence-electron chi connectivity index (χ2n) is 16.9. The Balaban J connectivity index is 4.42. The SMILES string of the molecule is CC/C=C/C/C=C/C/C=C/C/C=C/C/C=C/C/C=C/CCCCC(=O)OCC(COCCC(C(=O)[O-])[N+](C)(C)C)OC(=O)CCCCCCCC/C=C/C/C=C/C/C=C/C/C=C/CC. The summed E-state index contributed by atoms with van der Waals surface area (Å²) in [4.78, 5) is 37.0. The Hall–Kier alpha value is -4.27. The summed E-state index contributed by atoms with van der Waals surface area (Å²) < 4.78 is 17.2. The lowest BCUT2D eigenvalue weighted by Gasteiger charge is -2.34. The third kappa shape index (κ3) is 43.0. The Morgan fingerprint density at radius 2 is 0.828 bits per heavy atom. The highest BCUT2D eigenvalue weighted by Crippen LogP contribution is 2.12. The van der Waals surface area contributed by atoms with Crippen LogP contribution in [0.4, 0.5) is 0 Å². The van der Waals surface area contributed by atoms with Gasteiger partial charge in [0.15, 0.2) is 6.10 Å². The second-order valence-corrected chi connectivity index (χ2v) is 16.9. The summed E-state index contributed by atoms with van der Waals surface area (Å²) in [5.74, 6) is -1.83. The minimum atomic E-state index is -1.14. The maximum atomic E-state index is 12.8. The van der Waals surface area contributed by atoms with Gasteiger partial charge in [-0.05, 0) is 103 Å². The van der Waals surface area contributed by atoms with Crippen LogP contribution in [0.2, 0.25) is 0 Å². The molecule has 0 aromatic carbocycles. The van der Waals surface area contributed by atoms with Crippen LogP contribution in [0.25, 0.3) is 0 Å². The number of likely N-dealkylation sites (N-methyl/N-ethyl adjacent to an activating group) is 1. The van der Waals surface area contributed by atoms with E-state index in [9.17, 15) is 19.5 Å². The highest BCUT2D eigenvalue weighted by Gasteiger charge is 2.25. The molecule has 0 saturated carbocycles. The molecular weight excluding hydrogens is 799 g/mol. The first-order valence-corrected chi connectivity index (χ1v) is 24.6. The number of carbonyl (C=O) groups is 3. The number of ether oxygens (including phenoxy) is 3. The van der Waals surface area contributed by atoms with E-state index < -0.39 is 18.1 Å². The van der Waals surface area contributed by atoms with Crippen molar-refractivity contribution < 1.29 is 38.2 Å². The van der Waals surface area contributed by atoms with E-state index in [0.29, 0.717) is 6.42 Å². The standard InChI is InChI=1S/C56H89NO7/c1-6-8-10-12-14-16-18-20-22-24-26-27-29-30-32-34-36-38-40-42-44-46-54(58)63-51-52(50-62-49-48-53(56(60)61)57(3,4)5)64-55(59)47-45-43-41-39-37-35-33-31-28-25-23-21-19-17-15-13-11-9-7-2/h8-11,14-17,20-23,26-28,30-32,36,38,52-53H,6-7,12-13,18-19,24-25,29,33-35,37,39-51H2,1-5H3/b10-8+,11-9+,16-14+,17-15+,22-20+,23-21+,27-26+,31-28+,32-30+,38-36+. The lowest BCUT2D eigenvalue weighted by atomic mass is 10.1. The highest BCUT2D eigenvalue weighted by atomic mass is 16.6. The molecule has 0 fully saturated rings. The van der Waals surface area contributed by atoms with Gasteiger partial charge in [-0.25, -0.2) is 0 Å². The van der Waals surface area contributed by atoms with Gasteiger partial charge >= 0.3 is 11.9 Å². The van der Waals surface area contributed by atoms with Crippen molar-refractivity contribution in [3.8, 4) is 0 Å². The van der Waals surface area contributed by atoms with E-state index in [4.69, 9.17) is 14.2 Å². The van der Waals surface area contributed by atoms with Crippen molar-refractivity contribution in [3.05, 3.63) is 122 Å². The number of quaternary nitrogens is 1. The summed E-state index contributed by atoms with van der Waals surface area (Å²) in [6.07, 6.45) is 63.7. The maximum absolute atomic E-state index is 12.8. The van der Waals surface area contributed by atoms with E-state index in [1.807, 2.05) is 0 Å². The molecule has 0 N–H and O–H groups in total. The zero-order valence-electron chi connectivity index (χ0n) is 40.9. The lowest BCUT2D eigenvalue weighted by molar-refractivity contribution is -0.889. The number of allylic oxidation sites excluding steroid dienone is 20. The van der Waals surface area contributed by atoms with Crippen molar-refractivity contribution in [1.29, 1.82) is 0 Å². The van der Waals surface area contributed by atoms with E-state index in [-0.39, 0.29) is 55.5 Å². The van der Waals surface area contributed by atoms with Gasteiger partial charge in [0, 0.05) is 19.3 Å². The summed E-state index contributed by atoms with van der Waals surface area (Å²) in [6, 6.07) is -0.744. The van der Waals surface area contributed by atoms with Crippen molar-refractivity contribution in [2.24, 2.45) is 0 Å². The van der Waals surface area contributed by atoms with E-state index in [1.54, 1.807) is 21.1 Å². The first kappa shape index (κ1) is 59.7. The zero-order chi connectivity index (χ0) is 47.0. The molecule has 0 aromatic rings. The molecule has 0 rings (SSSR count). The topological polar surface area (TPSA) is 102 Å². The lowest BCUT2D eigenvalue weighted by Crippen LogP contribution is -2.55. The van der Waals surface area contributed by atoms with Crippen LogP contribution in [-0.4, -0.2) is 75.5 Å². The number of aliphatic carboxylic acids is 1. The molecule has 0 aliphatic rings. The predicted molar refractivity (Wildman–Crippen MR) is 267 cm³/mol. The summed E-state index contributed by atoms with van der Waals surface area (Å²) >= 11 is 0. The van der Waals surface area contributed by atoms with Crippen molar-refractivity contribution in [3.63, 3.8) is 0 Å². The van der Waals surface area contributed by atoms with Gasteiger partial charge in [0.25, 0.3) is 0 Å². The quantitative estimate of drug-likeness (QED) is 0.0260. The summed E-state index contributed by atoms with van der Waals surface area (Å²) in [6.45, 7) is 4.35. The van der Waals surface area contributed by atoms with Gasteiger partial charge in [-0.15, -0.1) is 0 Å². The third-order valence-corrected chi connectivity index (χ3v) is 10.1. The average molecular weight is 888 g/mol. The number of esters is 2. The molecule has 0 amide bonds. The average Bonchev–Trinajstić information content (AvgIpc) is 3.26. The Labute approximate surface area is 391 Å². The van der Waals surface area contributed by atoms with Crippen LogP contribution < -0.4 is 5.11 Å². The number of rotatable bonds is 42. The van der Waals surface area contributed by atoms with Crippen molar-refractivity contribution in [2.75, 3.05) is 41.0 Å². The maximum Gasteiger partial charge on any atom is 0.306 e. The van der Waals surface area contributed by atoms with Crippen LogP contribution >= 0.6 is 0 Å². The molecule has 0 radical (unpaired) electrons. The molecule has 0 spiro atoms. The molecule has 360 valence electrons. The number of carboxylic acids is 1. The van der Waals surface area contributed by atoms with Gasteiger partial charge in [-0.1, -0.05) is 161 Å². The summed E-state index contributed by atoms with van der Waals surface area (Å²) in [5.41, 5.74) is 0. The minimum Gasteiger partial charge on any atom is -0.544 e. The van der Waals surface area contributed by atoms with Crippen LogP contribution in [0.1, 0.15) is 162 Å². The first-order valence-electron chi connectivity index (χ1n) is 24.6. The number of carboxylic acid groups (broad SMARTS) is 1. The van der Waals surface area contributed by atoms with E-state index >= 15 is 0 Å². The molecule has 2 unspecified atom stereocenters. The molecule has 64 heavy (non-hydrogen) atoms. The molecule has 0 aliphatic carbocycles. The van der Waals surface area contributed by atoms with E-state index in [2.05, 4.69) is 135 Å². The normalized spacial score (nSPS) is 14.0. The van der Waals surface area contributed by atoms with Crippen LogP contribution in [-0.2, 0) is 28.6 Å². The van der Waals surface area contributed by atoms with E-state index in [1.165, 1.54) is 12.8 Å². The first-order chi connectivity index (χ1) is 31.1. The molecular formula is C56H89NO7. The fourth-order valence-corrected chi connectivity index (χ4v) is 6.36. The molecule has 0 heterocycles. The second kappa shape index (κ2) is 45.3. The number of hydrogen-bond donors (Lipinski definition) is 0. The van der Waals surface area contributed by atoms with Gasteiger partial charge in [-0.2, -0.15) is 0 Å². The number of nitrogens with zero attached hydrogens (tertiary/aromatic N) is 1. The zero-order valence-corrected chi connectivity index (χ0v) is 40.9. The van der Waals surface area contributed by atoms with Gasteiger partial charge < -0.3 is 28.6 Å². The Morgan fingerprint density at radius 3 is 1.25 bits per heavy atom. The number of carbonyl (C=O) groups excluding carboxylic acids is 3. The minimum absolute atomic E-state index is 0.0118. The van der Waals surface area contributed by atoms with Crippen molar-refractivity contribution in [2.45, 2.75) is 174 Å². The fraction of sp³-hybridized carbons (Fsp3) is 0.589. The monoisotopic (exact) mass is 888 g/mol. The van der Waals surface area contributed by atoms with Crippen LogP contribution in [0.3, 0.4) is 0 Å². The highest BCUT2D eigenvalue weighted by molar-refractivity contribution is 5.70. The van der Waals surface area contributed by atoms with Crippen LogP contribution in [0.5, 0.6) is 0 Å². The molecule has 8 heteroatoms. The molecule has 0 bridgehead atoms. The predicted octanol–water partition coefficient (Wildman–Crippen LogP) is 12.9. The molecule has 2 atom stereocenters. The molecule has 0 aromatic heterocycles. The molecule has 0 aliphatic heterocycles. The molecule has 0 saturated heterocycles. The Bertz CT molecular complexity index is 1450. The van der Waals surface area contributed by atoms with Crippen molar-refractivity contribution >= 4 is 17.9 Å². The Kier molecular flexibility index (Phi) is 42.3. The van der Waals surface area contributed by atoms with Crippen molar-refractivity contribution in [1.82, 2.24) is 0 Å². The van der Waals surface area contributed by atoms with E-state index in [0.717, 1.165) is 109 Å². The number of hydrogen-bond acceptors (Lipinski definition) is 7. The summed E-state index contributed by atoms with van der Waals surface area (Å²) in [5, 5.41) is 11.7. The Morgan fingerprint density at radius 1 is 0.469 bits per heavy atom. The van der Waals surface area contributed by atoms with Gasteiger partial charge in [0.05, 0.1) is 40.3 Å². The van der Waals surface area contributed by atoms with Gasteiger partial charge in [-0.3, -0.25) is 9.59 Å². The van der Waals surface area contributed by atoms with Gasteiger partial charge in [0.2, 0.25) is 0 Å². The van der Waals surface area contributed by atoms with Gasteiger partial charge in [0.1, 0.15) is 12.6 Å². The number of unbranched alkanes of at least 4 members (excludes halogenated alkanes) is 8. The molecule has 8 nitrogen and oxygen atoms in total. The third-order valence-electron chi connectivity index (χ3n) is 10.1. The largest absolute Gasteiger partial charge is 0.544 e. The van der Waals surface area contributed by atoms with Crippen LogP contribution in [0, 0.1) is 0 Å². The summed E-state index contributed by atoms with van der Waals surface area (Å²) in [7, 11) is 5.38.